The maximum Gasteiger partial charge on any atom is 0.387 e. The number of ether oxygens (including phenoxy) is 3. The van der Waals surface area contributed by atoms with Gasteiger partial charge < -0.3 is 19.5 Å². The fourth-order valence-electron chi connectivity index (χ4n) is 1.74. The van der Waals surface area contributed by atoms with Crippen molar-refractivity contribution in [1.82, 2.24) is 5.32 Å². The van der Waals surface area contributed by atoms with Crippen LogP contribution in [0.3, 0.4) is 0 Å². The van der Waals surface area contributed by atoms with E-state index in [1.54, 1.807) is 0 Å². The van der Waals surface area contributed by atoms with E-state index in [2.05, 4.69) is 10.1 Å². The third kappa shape index (κ3) is 5.18. The standard InChI is InChI=1S/C14H19F2NO4/c1-4-10(8-19-2)17-13(18)9-5-6-11(20-3)12(7-9)21-14(15)16/h5-7,10,14H,4,8H2,1-3H3,(H,17,18). The predicted molar refractivity (Wildman–Crippen MR) is 73.0 cm³/mol. The van der Waals surface area contributed by atoms with Crippen molar-refractivity contribution in [3.63, 3.8) is 0 Å². The van der Waals surface area contributed by atoms with Crippen molar-refractivity contribution in [2.45, 2.75) is 26.0 Å². The van der Waals surface area contributed by atoms with Gasteiger partial charge in [0, 0.05) is 12.7 Å². The van der Waals surface area contributed by atoms with E-state index < -0.39 is 6.61 Å². The molecule has 1 rings (SSSR count). The topological polar surface area (TPSA) is 56.8 Å². The van der Waals surface area contributed by atoms with E-state index in [4.69, 9.17) is 9.47 Å². The number of methoxy groups -OCH3 is 2. The molecule has 0 spiro atoms. The smallest absolute Gasteiger partial charge is 0.387 e. The first kappa shape index (κ1) is 17.2. The number of halogens is 2. The number of alkyl halides is 2. The average Bonchev–Trinajstić information content (AvgIpc) is 2.45. The van der Waals surface area contributed by atoms with Crippen LogP contribution in [0.5, 0.6) is 11.5 Å². The summed E-state index contributed by atoms with van der Waals surface area (Å²) >= 11 is 0. The number of carbonyl (C=O) groups excluding carboxylic acids is 1. The Bertz CT molecular complexity index is 468. The summed E-state index contributed by atoms with van der Waals surface area (Å²) in [6, 6.07) is 3.96. The van der Waals surface area contributed by atoms with Crippen molar-refractivity contribution in [2.24, 2.45) is 0 Å². The summed E-state index contributed by atoms with van der Waals surface area (Å²) < 4.78 is 38.9. The molecular formula is C14H19F2NO4. The van der Waals surface area contributed by atoms with Gasteiger partial charge in [0.15, 0.2) is 11.5 Å². The zero-order chi connectivity index (χ0) is 15.8. The Kier molecular flexibility index (Phi) is 6.87. The SMILES string of the molecule is CCC(COC)NC(=O)c1ccc(OC)c(OC(F)F)c1. The first-order chi connectivity index (χ1) is 10.0. The molecule has 1 aromatic carbocycles. The van der Waals surface area contributed by atoms with Gasteiger partial charge in [-0.3, -0.25) is 4.79 Å². The van der Waals surface area contributed by atoms with Crippen LogP contribution in [0.25, 0.3) is 0 Å². The van der Waals surface area contributed by atoms with Gasteiger partial charge in [-0.2, -0.15) is 8.78 Å². The Balaban J connectivity index is 2.89. The molecule has 0 heterocycles. The number of rotatable bonds is 8. The molecule has 7 heteroatoms. The van der Waals surface area contributed by atoms with E-state index in [0.29, 0.717) is 13.0 Å². The van der Waals surface area contributed by atoms with Crippen molar-refractivity contribution in [3.8, 4) is 11.5 Å². The van der Waals surface area contributed by atoms with Gasteiger partial charge in [0.2, 0.25) is 0 Å². The molecule has 0 aliphatic carbocycles. The van der Waals surface area contributed by atoms with E-state index >= 15 is 0 Å². The second-order valence-corrected chi connectivity index (χ2v) is 4.28. The molecule has 5 nitrogen and oxygen atoms in total. The van der Waals surface area contributed by atoms with Crippen LogP contribution >= 0.6 is 0 Å². The molecule has 0 aliphatic rings. The van der Waals surface area contributed by atoms with Crippen LogP contribution in [-0.2, 0) is 4.74 Å². The highest BCUT2D eigenvalue weighted by Crippen LogP contribution is 2.29. The van der Waals surface area contributed by atoms with Gasteiger partial charge in [0.1, 0.15) is 0 Å². The monoisotopic (exact) mass is 303 g/mol. The lowest BCUT2D eigenvalue weighted by Gasteiger charge is -2.17. The average molecular weight is 303 g/mol. The Morgan fingerprint density at radius 1 is 1.29 bits per heavy atom. The van der Waals surface area contributed by atoms with Gasteiger partial charge in [-0.15, -0.1) is 0 Å². The molecule has 0 fully saturated rings. The van der Waals surface area contributed by atoms with Crippen LogP contribution in [0.15, 0.2) is 18.2 Å². The molecule has 1 unspecified atom stereocenters. The third-order valence-corrected chi connectivity index (χ3v) is 2.84. The van der Waals surface area contributed by atoms with Gasteiger partial charge in [-0.1, -0.05) is 6.92 Å². The van der Waals surface area contributed by atoms with Crippen molar-refractivity contribution in [2.75, 3.05) is 20.8 Å². The van der Waals surface area contributed by atoms with Crippen LogP contribution in [-0.4, -0.2) is 39.4 Å². The van der Waals surface area contributed by atoms with Crippen molar-refractivity contribution in [1.29, 1.82) is 0 Å². The van der Waals surface area contributed by atoms with Gasteiger partial charge >= 0.3 is 6.61 Å². The molecule has 1 aromatic rings. The lowest BCUT2D eigenvalue weighted by Crippen LogP contribution is -2.37. The first-order valence-corrected chi connectivity index (χ1v) is 6.44. The van der Waals surface area contributed by atoms with Gasteiger partial charge in [0.25, 0.3) is 5.91 Å². The third-order valence-electron chi connectivity index (χ3n) is 2.84. The molecule has 21 heavy (non-hydrogen) atoms. The van der Waals surface area contributed by atoms with Crippen molar-refractivity contribution < 1.29 is 27.8 Å². The zero-order valence-corrected chi connectivity index (χ0v) is 12.2. The molecule has 1 N–H and O–H groups in total. The molecule has 0 saturated carbocycles. The summed E-state index contributed by atoms with van der Waals surface area (Å²) in [4.78, 5) is 12.1. The lowest BCUT2D eigenvalue weighted by molar-refractivity contribution is -0.0512. The molecular weight excluding hydrogens is 284 g/mol. The maximum absolute atomic E-state index is 12.3. The quantitative estimate of drug-likeness (QED) is 0.801. The summed E-state index contributed by atoms with van der Waals surface area (Å²) in [5, 5.41) is 2.75. The van der Waals surface area contributed by atoms with E-state index in [9.17, 15) is 13.6 Å². The fourth-order valence-corrected chi connectivity index (χ4v) is 1.74. The highest BCUT2D eigenvalue weighted by molar-refractivity contribution is 5.95. The molecule has 0 aliphatic heterocycles. The van der Waals surface area contributed by atoms with E-state index in [-0.39, 0.29) is 29.0 Å². The fraction of sp³-hybridized carbons (Fsp3) is 0.500. The molecule has 1 amide bonds. The minimum absolute atomic E-state index is 0.135. The highest BCUT2D eigenvalue weighted by Gasteiger charge is 2.16. The molecule has 118 valence electrons. The van der Waals surface area contributed by atoms with Gasteiger partial charge in [-0.05, 0) is 24.6 Å². The Morgan fingerprint density at radius 3 is 2.52 bits per heavy atom. The zero-order valence-electron chi connectivity index (χ0n) is 12.2. The van der Waals surface area contributed by atoms with Crippen LogP contribution in [0.4, 0.5) is 8.78 Å². The Morgan fingerprint density at radius 2 is 2.00 bits per heavy atom. The number of carbonyl (C=O) groups is 1. The number of nitrogens with one attached hydrogen (secondary N) is 1. The molecule has 0 saturated heterocycles. The number of hydrogen-bond donors (Lipinski definition) is 1. The number of benzene rings is 1. The number of hydrogen-bond acceptors (Lipinski definition) is 4. The Hall–Kier alpha value is -1.89. The summed E-state index contributed by atoms with van der Waals surface area (Å²) in [5.74, 6) is -0.434. The highest BCUT2D eigenvalue weighted by atomic mass is 19.3. The van der Waals surface area contributed by atoms with Crippen LogP contribution < -0.4 is 14.8 Å². The largest absolute Gasteiger partial charge is 0.493 e. The Labute approximate surface area is 122 Å². The summed E-state index contributed by atoms with van der Waals surface area (Å²) in [6.07, 6.45) is 0.691. The summed E-state index contributed by atoms with van der Waals surface area (Å²) in [5.41, 5.74) is 0.209. The second kappa shape index (κ2) is 8.41. The van der Waals surface area contributed by atoms with Crippen molar-refractivity contribution >= 4 is 5.91 Å². The van der Waals surface area contributed by atoms with Crippen molar-refractivity contribution in [3.05, 3.63) is 23.8 Å². The normalized spacial score (nSPS) is 12.1. The summed E-state index contributed by atoms with van der Waals surface area (Å²) in [7, 11) is 2.87. The number of amides is 1. The predicted octanol–water partition coefficient (Wildman–Crippen LogP) is 2.45. The molecule has 0 radical (unpaired) electrons. The second-order valence-electron chi connectivity index (χ2n) is 4.28. The molecule has 0 aromatic heterocycles. The van der Waals surface area contributed by atoms with Gasteiger partial charge in [-0.25, -0.2) is 0 Å². The molecule has 1 atom stereocenters. The van der Waals surface area contributed by atoms with Crippen LogP contribution in [0, 0.1) is 0 Å². The maximum atomic E-state index is 12.3. The minimum atomic E-state index is -2.99. The summed E-state index contributed by atoms with van der Waals surface area (Å²) in [6.45, 7) is -0.712. The van der Waals surface area contributed by atoms with E-state index in [0.717, 1.165) is 0 Å². The van der Waals surface area contributed by atoms with Crippen LogP contribution in [0.2, 0.25) is 0 Å². The minimum Gasteiger partial charge on any atom is -0.493 e. The molecule has 0 bridgehead atoms. The van der Waals surface area contributed by atoms with Gasteiger partial charge in [0.05, 0.1) is 19.8 Å². The van der Waals surface area contributed by atoms with E-state index in [1.807, 2.05) is 6.92 Å². The first-order valence-electron chi connectivity index (χ1n) is 6.44. The van der Waals surface area contributed by atoms with Crippen LogP contribution in [0.1, 0.15) is 23.7 Å². The van der Waals surface area contributed by atoms with E-state index in [1.165, 1.54) is 32.4 Å². The lowest BCUT2D eigenvalue weighted by atomic mass is 10.1.